The summed E-state index contributed by atoms with van der Waals surface area (Å²) in [5.74, 6) is -2.38. The van der Waals surface area contributed by atoms with Crippen LogP contribution in [0.3, 0.4) is 0 Å². The van der Waals surface area contributed by atoms with Crippen LogP contribution < -0.4 is 4.74 Å². The van der Waals surface area contributed by atoms with Gasteiger partial charge in [0.05, 0.1) is 6.54 Å². The zero-order valence-corrected chi connectivity index (χ0v) is 8.48. The molecule has 0 bridgehead atoms. The highest BCUT2D eigenvalue weighted by Crippen LogP contribution is 2.17. The molecule has 0 radical (unpaired) electrons. The maximum absolute atomic E-state index is 12.8. The minimum Gasteiger partial charge on any atom is -0.447 e. The van der Waals surface area contributed by atoms with E-state index in [9.17, 15) is 18.4 Å². The highest BCUT2D eigenvalue weighted by atomic mass is 19.2. The molecular weight excluding hydrogens is 236 g/mol. The monoisotopic (exact) mass is 243 g/mol. The van der Waals surface area contributed by atoms with E-state index in [1.165, 1.54) is 0 Å². The summed E-state index contributed by atoms with van der Waals surface area (Å²) in [7, 11) is 0. The zero-order chi connectivity index (χ0) is 12.4. The minimum absolute atomic E-state index is 0.0708. The average molecular weight is 243 g/mol. The third-order valence-corrected chi connectivity index (χ3v) is 2.08. The number of nitrogens with zero attached hydrogens (tertiary/aromatic N) is 1. The Hall–Kier alpha value is -2.18. The van der Waals surface area contributed by atoms with Crippen molar-refractivity contribution >= 4 is 12.2 Å². The molecule has 90 valence electrons. The van der Waals surface area contributed by atoms with Gasteiger partial charge >= 0.3 is 12.2 Å². The van der Waals surface area contributed by atoms with Crippen molar-refractivity contribution in [1.29, 1.82) is 0 Å². The highest BCUT2D eigenvalue weighted by Gasteiger charge is 2.30. The Morgan fingerprint density at radius 2 is 2.12 bits per heavy atom. The molecule has 1 aromatic rings. The number of ether oxygens (including phenoxy) is 2. The molecule has 2 amide bonds. The van der Waals surface area contributed by atoms with E-state index in [0.29, 0.717) is 6.07 Å². The summed E-state index contributed by atoms with van der Waals surface area (Å²) in [6, 6.07) is 2.62. The van der Waals surface area contributed by atoms with E-state index >= 15 is 0 Å². The van der Waals surface area contributed by atoms with Gasteiger partial charge in [-0.15, -0.1) is 0 Å². The SMILES string of the molecule is O=C1OCCN1C(=O)Oc1ccc(F)c(F)c1. The summed E-state index contributed by atoms with van der Waals surface area (Å²) in [6.45, 7) is 0.160. The topological polar surface area (TPSA) is 55.8 Å². The fourth-order valence-corrected chi connectivity index (χ4v) is 1.26. The van der Waals surface area contributed by atoms with Crippen LogP contribution in [0.25, 0.3) is 0 Å². The van der Waals surface area contributed by atoms with Crippen LogP contribution in [0, 0.1) is 11.6 Å². The number of imide groups is 1. The molecule has 0 unspecified atom stereocenters. The number of cyclic esters (lactones) is 1. The largest absolute Gasteiger partial charge is 0.447 e. The first kappa shape index (κ1) is 11.3. The second kappa shape index (κ2) is 4.36. The Kier molecular flexibility index (Phi) is 2.90. The van der Waals surface area contributed by atoms with Gasteiger partial charge in [-0.3, -0.25) is 0 Å². The van der Waals surface area contributed by atoms with Crippen molar-refractivity contribution in [3.8, 4) is 5.75 Å². The number of rotatable bonds is 1. The molecule has 1 heterocycles. The molecule has 1 aliphatic rings. The van der Waals surface area contributed by atoms with Crippen molar-refractivity contribution in [3.05, 3.63) is 29.8 Å². The molecule has 1 saturated heterocycles. The van der Waals surface area contributed by atoms with Crippen LogP contribution >= 0.6 is 0 Å². The smallest absolute Gasteiger partial charge is 0.424 e. The van der Waals surface area contributed by atoms with Gasteiger partial charge in [0.1, 0.15) is 12.4 Å². The van der Waals surface area contributed by atoms with Gasteiger partial charge < -0.3 is 9.47 Å². The molecule has 7 heteroatoms. The van der Waals surface area contributed by atoms with Gasteiger partial charge in [-0.1, -0.05) is 0 Å². The first-order valence-corrected chi connectivity index (χ1v) is 4.69. The van der Waals surface area contributed by atoms with E-state index in [0.717, 1.165) is 17.0 Å². The fourth-order valence-electron chi connectivity index (χ4n) is 1.26. The Morgan fingerprint density at radius 1 is 1.35 bits per heavy atom. The van der Waals surface area contributed by atoms with Crippen LogP contribution in [0.2, 0.25) is 0 Å². The molecule has 0 aliphatic carbocycles. The summed E-state index contributed by atoms with van der Waals surface area (Å²) >= 11 is 0. The van der Waals surface area contributed by atoms with Crippen LogP contribution in [0.4, 0.5) is 18.4 Å². The van der Waals surface area contributed by atoms with Gasteiger partial charge in [0.2, 0.25) is 0 Å². The maximum atomic E-state index is 12.8. The van der Waals surface area contributed by atoms with E-state index in [4.69, 9.17) is 0 Å². The summed E-state index contributed by atoms with van der Waals surface area (Å²) in [6.07, 6.45) is -1.81. The van der Waals surface area contributed by atoms with Gasteiger partial charge in [-0.05, 0) is 12.1 Å². The standard InChI is InChI=1S/C10H7F2NO4/c11-7-2-1-6(5-8(7)12)17-10(15)13-3-4-16-9(13)14/h1-2,5H,3-4H2. The molecule has 1 aliphatic heterocycles. The lowest BCUT2D eigenvalue weighted by Gasteiger charge is -2.10. The average Bonchev–Trinajstić information content (AvgIpc) is 2.70. The molecule has 1 aromatic carbocycles. The predicted molar refractivity (Wildman–Crippen MR) is 50.4 cm³/mol. The molecule has 17 heavy (non-hydrogen) atoms. The Labute approximate surface area is 94.5 Å². The molecule has 1 fully saturated rings. The predicted octanol–water partition coefficient (Wildman–Crippen LogP) is 1.92. The molecule has 0 spiro atoms. The summed E-state index contributed by atoms with van der Waals surface area (Å²) < 4.78 is 34.6. The lowest BCUT2D eigenvalue weighted by molar-refractivity contribution is 0.143. The van der Waals surface area contributed by atoms with Crippen molar-refractivity contribution in [2.75, 3.05) is 13.2 Å². The first-order chi connectivity index (χ1) is 8.08. The van der Waals surface area contributed by atoms with E-state index < -0.39 is 23.8 Å². The van der Waals surface area contributed by atoms with Gasteiger partial charge in [0, 0.05) is 6.07 Å². The Balaban J connectivity index is 2.07. The van der Waals surface area contributed by atoms with Crippen molar-refractivity contribution in [2.45, 2.75) is 0 Å². The quantitative estimate of drug-likeness (QED) is 0.756. The van der Waals surface area contributed by atoms with Gasteiger partial charge in [-0.2, -0.15) is 0 Å². The fraction of sp³-hybridized carbons (Fsp3) is 0.200. The van der Waals surface area contributed by atoms with Crippen LogP contribution in [-0.4, -0.2) is 30.2 Å². The number of amides is 2. The highest BCUT2D eigenvalue weighted by molar-refractivity contribution is 5.89. The van der Waals surface area contributed by atoms with Gasteiger partial charge in [-0.25, -0.2) is 23.3 Å². The number of hydrogen-bond acceptors (Lipinski definition) is 4. The van der Waals surface area contributed by atoms with E-state index in [1.54, 1.807) is 0 Å². The molecular formula is C10H7F2NO4. The minimum atomic E-state index is -1.14. The number of hydrogen-bond donors (Lipinski definition) is 0. The summed E-state index contributed by atoms with van der Waals surface area (Å²) in [4.78, 5) is 23.1. The van der Waals surface area contributed by atoms with Crippen molar-refractivity contribution in [2.24, 2.45) is 0 Å². The Morgan fingerprint density at radius 3 is 2.71 bits per heavy atom. The normalized spacial score (nSPS) is 14.7. The van der Waals surface area contributed by atoms with Crippen LogP contribution in [0.15, 0.2) is 18.2 Å². The molecule has 0 aromatic heterocycles. The molecule has 0 N–H and O–H groups in total. The van der Waals surface area contributed by atoms with Crippen LogP contribution in [0.5, 0.6) is 5.75 Å². The Bertz CT molecular complexity index is 477. The van der Waals surface area contributed by atoms with Crippen molar-refractivity contribution in [3.63, 3.8) is 0 Å². The van der Waals surface area contributed by atoms with Gasteiger partial charge in [0.15, 0.2) is 11.6 Å². The van der Waals surface area contributed by atoms with E-state index in [-0.39, 0.29) is 18.9 Å². The molecule has 2 rings (SSSR count). The van der Waals surface area contributed by atoms with E-state index in [2.05, 4.69) is 9.47 Å². The van der Waals surface area contributed by atoms with Crippen molar-refractivity contribution < 1.29 is 27.8 Å². The lowest BCUT2D eigenvalue weighted by atomic mass is 10.3. The number of halogens is 2. The lowest BCUT2D eigenvalue weighted by Crippen LogP contribution is -2.34. The molecule has 0 atom stereocenters. The maximum Gasteiger partial charge on any atom is 0.424 e. The number of carbonyl (C=O) groups excluding carboxylic acids is 2. The molecule has 5 nitrogen and oxygen atoms in total. The van der Waals surface area contributed by atoms with E-state index in [1.807, 2.05) is 0 Å². The first-order valence-electron chi connectivity index (χ1n) is 4.69. The second-order valence-corrected chi connectivity index (χ2v) is 3.21. The van der Waals surface area contributed by atoms with Crippen LogP contribution in [0.1, 0.15) is 0 Å². The summed E-state index contributed by atoms with van der Waals surface area (Å²) in [5, 5.41) is 0. The molecule has 0 saturated carbocycles. The zero-order valence-electron chi connectivity index (χ0n) is 8.48. The number of benzene rings is 1. The second-order valence-electron chi connectivity index (χ2n) is 3.21. The third-order valence-electron chi connectivity index (χ3n) is 2.08. The number of carbonyl (C=O) groups is 2. The third kappa shape index (κ3) is 2.32. The van der Waals surface area contributed by atoms with Gasteiger partial charge in [0.25, 0.3) is 0 Å². The van der Waals surface area contributed by atoms with Crippen molar-refractivity contribution in [1.82, 2.24) is 4.90 Å². The van der Waals surface area contributed by atoms with Crippen LogP contribution in [-0.2, 0) is 4.74 Å². The summed E-state index contributed by atoms with van der Waals surface area (Å²) in [5.41, 5.74) is 0.